The van der Waals surface area contributed by atoms with Gasteiger partial charge in [0, 0.05) is 35.4 Å². The molecule has 0 saturated carbocycles. The Kier molecular flexibility index (Phi) is 4.29. The van der Waals surface area contributed by atoms with E-state index in [4.69, 9.17) is 0 Å². The molecule has 4 rings (SSSR count). The number of H-pyrrole nitrogens is 1. The predicted octanol–water partition coefficient (Wildman–Crippen LogP) is 3.00. The van der Waals surface area contributed by atoms with Crippen LogP contribution < -0.4 is 16.0 Å². The predicted molar refractivity (Wildman–Crippen MR) is 99.6 cm³/mol. The second kappa shape index (κ2) is 6.91. The average molecular weight is 365 g/mol. The fourth-order valence-corrected chi connectivity index (χ4v) is 3.08. The van der Waals surface area contributed by atoms with E-state index in [0.29, 0.717) is 40.9 Å². The van der Waals surface area contributed by atoms with E-state index in [-0.39, 0.29) is 5.91 Å². The first kappa shape index (κ1) is 16.8. The number of aromatic nitrogens is 2. The lowest BCUT2D eigenvalue weighted by Crippen LogP contribution is -2.24. The number of pyridine rings is 1. The summed E-state index contributed by atoms with van der Waals surface area (Å²) in [6.07, 6.45) is 3.60. The van der Waals surface area contributed by atoms with Gasteiger partial charge in [-0.3, -0.25) is 10.1 Å². The van der Waals surface area contributed by atoms with Gasteiger partial charge in [-0.15, -0.1) is 0 Å². The van der Waals surface area contributed by atoms with Gasteiger partial charge in [-0.2, -0.15) is 0 Å². The average Bonchev–Trinajstić information content (AvgIpc) is 2.96. The van der Waals surface area contributed by atoms with Crippen molar-refractivity contribution in [2.75, 3.05) is 11.9 Å². The molecule has 4 N–H and O–H groups in total. The van der Waals surface area contributed by atoms with E-state index in [9.17, 15) is 14.0 Å². The Morgan fingerprint density at radius 3 is 2.96 bits per heavy atom. The van der Waals surface area contributed by atoms with E-state index in [2.05, 4.69) is 25.9 Å². The zero-order chi connectivity index (χ0) is 18.8. The number of anilines is 1. The number of nitrogens with zero attached hydrogens (tertiary/aromatic N) is 1. The van der Waals surface area contributed by atoms with E-state index in [0.717, 1.165) is 5.57 Å². The fraction of sp³-hybridized carbons (Fsp3) is 0.105. The summed E-state index contributed by atoms with van der Waals surface area (Å²) in [5.41, 5.74) is 2.32. The number of halogens is 1. The lowest BCUT2D eigenvalue weighted by atomic mass is 10.0. The van der Waals surface area contributed by atoms with Crippen LogP contribution >= 0.6 is 0 Å². The molecule has 0 radical (unpaired) electrons. The molecule has 1 aliphatic heterocycles. The van der Waals surface area contributed by atoms with Crippen molar-refractivity contribution in [2.24, 2.45) is 0 Å². The molecule has 0 fully saturated rings. The Morgan fingerprint density at radius 1 is 1.26 bits per heavy atom. The highest BCUT2D eigenvalue weighted by Crippen LogP contribution is 2.32. The molecule has 3 amide bonds. The van der Waals surface area contributed by atoms with E-state index in [1.807, 2.05) is 0 Å². The minimum absolute atomic E-state index is 0.261. The van der Waals surface area contributed by atoms with Crippen LogP contribution in [0.25, 0.3) is 16.5 Å². The normalized spacial score (nSPS) is 15.1. The van der Waals surface area contributed by atoms with Gasteiger partial charge in [0.2, 0.25) is 0 Å². The first-order valence-electron chi connectivity index (χ1n) is 8.39. The summed E-state index contributed by atoms with van der Waals surface area (Å²) in [5.74, 6) is -0.238. The van der Waals surface area contributed by atoms with Crippen LogP contribution in [-0.2, 0) is 0 Å². The van der Waals surface area contributed by atoms with Crippen LogP contribution in [0.4, 0.5) is 15.0 Å². The molecule has 0 saturated heterocycles. The molecule has 0 aliphatic carbocycles. The number of urea groups is 1. The number of nitrogens with one attached hydrogen (secondary N) is 4. The third kappa shape index (κ3) is 3.37. The highest BCUT2D eigenvalue weighted by atomic mass is 19.1. The summed E-state index contributed by atoms with van der Waals surface area (Å²) in [6.45, 7) is 0.410. The number of fused-ring (bicyclic) bond motifs is 3. The lowest BCUT2D eigenvalue weighted by Gasteiger charge is -2.07. The number of rotatable bonds is 2. The molecular weight excluding hydrogens is 349 g/mol. The van der Waals surface area contributed by atoms with Crippen molar-refractivity contribution in [3.63, 3.8) is 0 Å². The molecule has 0 atom stereocenters. The molecule has 27 heavy (non-hydrogen) atoms. The molecule has 3 aromatic rings. The van der Waals surface area contributed by atoms with Gasteiger partial charge in [0.25, 0.3) is 5.91 Å². The van der Waals surface area contributed by atoms with Gasteiger partial charge in [0.05, 0.1) is 0 Å². The van der Waals surface area contributed by atoms with Crippen molar-refractivity contribution in [3.05, 3.63) is 65.9 Å². The molecule has 136 valence electrons. The van der Waals surface area contributed by atoms with E-state index >= 15 is 0 Å². The molecular formula is C19H16FN5O2. The summed E-state index contributed by atoms with van der Waals surface area (Å²) >= 11 is 0. The van der Waals surface area contributed by atoms with Crippen LogP contribution in [0.3, 0.4) is 0 Å². The van der Waals surface area contributed by atoms with E-state index in [1.54, 1.807) is 30.5 Å². The van der Waals surface area contributed by atoms with Gasteiger partial charge in [-0.1, -0.05) is 6.07 Å². The topological polar surface area (TPSA) is 98.9 Å². The second-order valence-electron chi connectivity index (χ2n) is 6.05. The Labute approximate surface area is 153 Å². The van der Waals surface area contributed by atoms with Gasteiger partial charge in [0.15, 0.2) is 0 Å². The van der Waals surface area contributed by atoms with Crippen molar-refractivity contribution in [2.45, 2.75) is 6.42 Å². The maximum Gasteiger partial charge on any atom is 0.324 e. The third-order valence-corrected chi connectivity index (χ3v) is 4.27. The molecule has 3 heterocycles. The number of hydrogen-bond donors (Lipinski definition) is 4. The van der Waals surface area contributed by atoms with Crippen molar-refractivity contribution in [3.8, 4) is 0 Å². The summed E-state index contributed by atoms with van der Waals surface area (Å²) in [5, 5.41) is 8.66. The summed E-state index contributed by atoms with van der Waals surface area (Å²) in [7, 11) is 0. The first-order valence-corrected chi connectivity index (χ1v) is 8.39. The Morgan fingerprint density at radius 2 is 2.15 bits per heavy atom. The molecule has 0 unspecified atom stereocenters. The van der Waals surface area contributed by atoms with Gasteiger partial charge in [-0.05, 0) is 42.3 Å². The number of carbonyl (C=O) groups excluding carboxylic acids is 2. The smallest absolute Gasteiger partial charge is 0.324 e. The summed E-state index contributed by atoms with van der Waals surface area (Å²) in [6, 6.07) is 9.02. The maximum atomic E-state index is 13.7. The van der Waals surface area contributed by atoms with Crippen LogP contribution in [0.2, 0.25) is 0 Å². The van der Waals surface area contributed by atoms with E-state index in [1.165, 1.54) is 18.3 Å². The molecule has 8 heteroatoms. The molecule has 0 spiro atoms. The fourth-order valence-electron chi connectivity index (χ4n) is 3.08. The van der Waals surface area contributed by atoms with Gasteiger partial charge in [-0.25, -0.2) is 14.2 Å². The number of hydrogen-bond acceptors (Lipinski definition) is 3. The Hall–Kier alpha value is -3.68. The number of amides is 3. The minimum atomic E-state index is -0.461. The number of benzene rings is 1. The largest absolute Gasteiger partial charge is 0.350 e. The number of aromatic amines is 1. The SMILES string of the molecule is O=C(NC=C1CCNC(=O)c2[nH]c3ccc(F)cc3c21)Nc1ccccn1. The van der Waals surface area contributed by atoms with Gasteiger partial charge < -0.3 is 15.6 Å². The molecule has 7 nitrogen and oxygen atoms in total. The zero-order valence-corrected chi connectivity index (χ0v) is 14.2. The summed E-state index contributed by atoms with van der Waals surface area (Å²) in [4.78, 5) is 31.5. The van der Waals surface area contributed by atoms with Crippen molar-refractivity contribution in [1.82, 2.24) is 20.6 Å². The maximum absolute atomic E-state index is 13.7. The molecule has 2 aromatic heterocycles. The minimum Gasteiger partial charge on any atom is -0.350 e. The first-order chi connectivity index (χ1) is 13.1. The van der Waals surface area contributed by atoms with Crippen molar-refractivity contribution in [1.29, 1.82) is 0 Å². The van der Waals surface area contributed by atoms with Crippen LogP contribution in [0.15, 0.2) is 48.8 Å². The van der Waals surface area contributed by atoms with Crippen LogP contribution in [0.5, 0.6) is 0 Å². The van der Waals surface area contributed by atoms with Crippen LogP contribution in [0.1, 0.15) is 22.5 Å². The van der Waals surface area contributed by atoms with Crippen molar-refractivity contribution < 1.29 is 14.0 Å². The second-order valence-corrected chi connectivity index (χ2v) is 6.05. The highest BCUT2D eigenvalue weighted by molar-refractivity contribution is 6.07. The van der Waals surface area contributed by atoms with Gasteiger partial charge in [0.1, 0.15) is 17.3 Å². The quantitative estimate of drug-likeness (QED) is 0.562. The van der Waals surface area contributed by atoms with Crippen molar-refractivity contribution >= 4 is 34.2 Å². The Bertz CT molecular complexity index is 1060. The Balaban J connectivity index is 1.67. The third-order valence-electron chi connectivity index (χ3n) is 4.27. The lowest BCUT2D eigenvalue weighted by molar-refractivity contribution is 0.0952. The molecule has 0 bridgehead atoms. The summed E-state index contributed by atoms with van der Waals surface area (Å²) < 4.78 is 13.7. The highest BCUT2D eigenvalue weighted by Gasteiger charge is 2.24. The number of carbonyl (C=O) groups is 2. The zero-order valence-electron chi connectivity index (χ0n) is 14.2. The van der Waals surface area contributed by atoms with Crippen LogP contribution in [0, 0.1) is 5.82 Å². The molecule has 1 aromatic carbocycles. The van der Waals surface area contributed by atoms with Crippen LogP contribution in [-0.4, -0.2) is 28.5 Å². The van der Waals surface area contributed by atoms with E-state index < -0.39 is 11.8 Å². The molecule has 1 aliphatic rings. The van der Waals surface area contributed by atoms with Gasteiger partial charge >= 0.3 is 6.03 Å². The standard InChI is InChI=1S/C19H16FN5O2/c20-12-4-5-14-13(9-12)16-11(6-8-22-18(26)17(16)24-14)10-23-19(27)25-15-3-1-2-7-21-15/h1-5,7,9-10,24H,6,8H2,(H,22,26)(H2,21,23,25,27). The monoisotopic (exact) mass is 365 g/mol.